The van der Waals surface area contributed by atoms with Gasteiger partial charge >= 0.3 is 12.1 Å². The number of rotatable bonds is 11. The Morgan fingerprint density at radius 1 is 1.05 bits per heavy atom. The topological polar surface area (TPSA) is 88.7 Å². The Morgan fingerprint density at radius 2 is 1.80 bits per heavy atom. The van der Waals surface area contributed by atoms with E-state index in [1.54, 1.807) is 24.1 Å². The summed E-state index contributed by atoms with van der Waals surface area (Å²) < 4.78 is 80.2. The van der Waals surface area contributed by atoms with Gasteiger partial charge in [-0.2, -0.15) is 18.2 Å². The van der Waals surface area contributed by atoms with Gasteiger partial charge in [0.2, 0.25) is 5.82 Å². The highest BCUT2D eigenvalue weighted by molar-refractivity contribution is 5.76. The van der Waals surface area contributed by atoms with Crippen LogP contribution in [0.4, 0.5) is 22.0 Å². The van der Waals surface area contributed by atoms with Crippen LogP contribution in [-0.2, 0) is 17.5 Å². The number of hydrogen-bond donors (Lipinski definition) is 1. The molecule has 3 aromatic carbocycles. The van der Waals surface area contributed by atoms with Gasteiger partial charge in [0, 0.05) is 35.3 Å². The summed E-state index contributed by atoms with van der Waals surface area (Å²) in [5, 5.41) is 12.6. The number of halogens is 5. The molecule has 0 bridgehead atoms. The minimum Gasteiger partial charge on any atom is -0.490 e. The molecule has 0 fully saturated rings. The molecule has 0 unspecified atom stereocenters. The number of carboxylic acid groups (broad SMARTS) is 1. The van der Waals surface area contributed by atoms with E-state index in [1.165, 1.54) is 42.5 Å². The minimum absolute atomic E-state index is 0.00544. The number of ether oxygens (including phenoxy) is 1. The normalized spacial score (nSPS) is 11.7. The maximum atomic E-state index is 14.7. The molecule has 1 heterocycles. The SMILES string of the molecule is CN(CCC(=O)O)Cc1ccc(-c2noc(-c3ccc(-c4ccccc4OCCF)c(C(F)(F)F)c3)n2)cc1F. The van der Waals surface area contributed by atoms with Crippen LogP contribution in [0.15, 0.2) is 65.2 Å². The van der Waals surface area contributed by atoms with Crippen molar-refractivity contribution in [3.05, 3.63) is 77.6 Å². The molecule has 0 spiro atoms. The summed E-state index contributed by atoms with van der Waals surface area (Å²) in [5.41, 5.74) is -0.447. The van der Waals surface area contributed by atoms with Gasteiger partial charge in [0.1, 0.15) is 24.8 Å². The van der Waals surface area contributed by atoms with Crippen molar-refractivity contribution in [3.63, 3.8) is 0 Å². The van der Waals surface area contributed by atoms with E-state index in [4.69, 9.17) is 14.4 Å². The summed E-state index contributed by atoms with van der Waals surface area (Å²) >= 11 is 0. The van der Waals surface area contributed by atoms with Crippen LogP contribution in [-0.4, -0.2) is 53.0 Å². The van der Waals surface area contributed by atoms with E-state index in [-0.39, 0.29) is 65.8 Å². The zero-order chi connectivity index (χ0) is 28.9. The molecule has 4 aromatic rings. The third kappa shape index (κ3) is 6.81. The lowest BCUT2D eigenvalue weighted by Gasteiger charge is -2.16. The largest absolute Gasteiger partial charge is 0.490 e. The van der Waals surface area contributed by atoms with Crippen LogP contribution in [0.1, 0.15) is 17.5 Å². The smallest absolute Gasteiger partial charge is 0.417 e. The number of benzene rings is 3. The predicted octanol–water partition coefficient (Wildman–Crippen LogP) is 6.48. The molecule has 1 N–H and O–H groups in total. The standard InChI is InChI=1S/C28H24F5N3O4/c1-36(12-10-25(37)38)16-19-7-6-17(15-23(19)30)26-34-27(40-35-26)18-8-9-20(22(14-18)28(31,32)33)21-4-2-3-5-24(21)39-13-11-29/h2-9,14-15H,10-13,16H2,1H3,(H,37,38). The number of alkyl halides is 4. The van der Waals surface area contributed by atoms with Gasteiger partial charge in [-0.3, -0.25) is 4.79 Å². The van der Waals surface area contributed by atoms with Gasteiger partial charge in [-0.05, 0) is 36.9 Å². The Balaban J connectivity index is 1.61. The molecular weight excluding hydrogens is 537 g/mol. The second-order valence-corrected chi connectivity index (χ2v) is 8.90. The van der Waals surface area contributed by atoms with Gasteiger partial charge in [0.05, 0.1) is 12.0 Å². The van der Waals surface area contributed by atoms with Crippen LogP contribution in [0.2, 0.25) is 0 Å². The molecule has 12 heteroatoms. The zero-order valence-electron chi connectivity index (χ0n) is 21.2. The van der Waals surface area contributed by atoms with E-state index < -0.39 is 30.2 Å². The number of hydrogen-bond acceptors (Lipinski definition) is 6. The van der Waals surface area contributed by atoms with Crippen molar-refractivity contribution >= 4 is 5.97 Å². The first-order valence-corrected chi connectivity index (χ1v) is 12.1. The van der Waals surface area contributed by atoms with Crippen LogP contribution >= 0.6 is 0 Å². The summed E-state index contributed by atoms with van der Waals surface area (Å²) in [7, 11) is 1.66. The van der Waals surface area contributed by atoms with Crippen LogP contribution in [0.3, 0.4) is 0 Å². The molecule has 40 heavy (non-hydrogen) atoms. The highest BCUT2D eigenvalue weighted by Gasteiger charge is 2.35. The second-order valence-electron chi connectivity index (χ2n) is 8.90. The van der Waals surface area contributed by atoms with E-state index in [1.807, 2.05) is 0 Å². The molecule has 0 aliphatic heterocycles. The van der Waals surface area contributed by atoms with Crippen molar-refractivity contribution in [1.29, 1.82) is 0 Å². The van der Waals surface area contributed by atoms with E-state index in [2.05, 4.69) is 10.1 Å². The monoisotopic (exact) mass is 561 g/mol. The van der Waals surface area contributed by atoms with Crippen LogP contribution < -0.4 is 4.74 Å². The Morgan fingerprint density at radius 3 is 2.50 bits per heavy atom. The minimum atomic E-state index is -4.75. The maximum Gasteiger partial charge on any atom is 0.417 e. The average Bonchev–Trinajstić information content (AvgIpc) is 3.42. The van der Waals surface area contributed by atoms with E-state index >= 15 is 0 Å². The molecular formula is C28H24F5N3O4. The Kier molecular flexibility index (Phi) is 8.78. The molecule has 210 valence electrons. The molecule has 7 nitrogen and oxygen atoms in total. The number of para-hydroxylation sites is 1. The lowest BCUT2D eigenvalue weighted by molar-refractivity contribution is -0.138. The Labute approximate surface area is 225 Å². The summed E-state index contributed by atoms with van der Waals surface area (Å²) in [6.45, 7) is -0.690. The number of aliphatic carboxylic acids is 1. The van der Waals surface area contributed by atoms with E-state index in [0.29, 0.717) is 5.56 Å². The first kappa shape index (κ1) is 28.7. The third-order valence-electron chi connectivity index (χ3n) is 5.97. The van der Waals surface area contributed by atoms with Crippen LogP contribution in [0.5, 0.6) is 5.75 Å². The highest BCUT2D eigenvalue weighted by Crippen LogP contribution is 2.42. The van der Waals surface area contributed by atoms with Crippen molar-refractivity contribution in [2.24, 2.45) is 0 Å². The molecule has 1 aromatic heterocycles. The maximum absolute atomic E-state index is 14.7. The van der Waals surface area contributed by atoms with E-state index in [9.17, 15) is 26.7 Å². The fourth-order valence-corrected chi connectivity index (χ4v) is 4.04. The van der Waals surface area contributed by atoms with E-state index in [0.717, 1.165) is 6.07 Å². The zero-order valence-corrected chi connectivity index (χ0v) is 21.2. The second kappa shape index (κ2) is 12.2. The van der Waals surface area contributed by atoms with Crippen molar-refractivity contribution in [3.8, 4) is 39.7 Å². The average molecular weight is 562 g/mol. The summed E-state index contributed by atoms with van der Waals surface area (Å²) in [4.78, 5) is 16.6. The molecule has 0 saturated carbocycles. The molecule has 4 rings (SSSR count). The Hall–Kier alpha value is -4.32. The fraction of sp³-hybridized carbons (Fsp3) is 0.250. The Bertz CT molecular complexity index is 1490. The quantitative estimate of drug-likeness (QED) is 0.210. The van der Waals surface area contributed by atoms with Crippen molar-refractivity contribution in [2.45, 2.75) is 19.1 Å². The van der Waals surface area contributed by atoms with Gasteiger partial charge in [-0.1, -0.05) is 41.6 Å². The number of carboxylic acids is 1. The third-order valence-corrected chi connectivity index (χ3v) is 5.97. The number of aromatic nitrogens is 2. The lowest BCUT2D eigenvalue weighted by atomic mass is 9.96. The first-order valence-electron chi connectivity index (χ1n) is 12.1. The van der Waals surface area contributed by atoms with Crippen molar-refractivity contribution in [2.75, 3.05) is 26.9 Å². The summed E-state index contributed by atoms with van der Waals surface area (Å²) in [6.07, 6.45) is -4.84. The summed E-state index contributed by atoms with van der Waals surface area (Å²) in [5.74, 6) is -1.66. The highest BCUT2D eigenvalue weighted by atomic mass is 19.4. The summed E-state index contributed by atoms with van der Waals surface area (Å²) in [6, 6.07) is 13.7. The van der Waals surface area contributed by atoms with Gasteiger partial charge in [-0.15, -0.1) is 0 Å². The molecule has 0 radical (unpaired) electrons. The number of carbonyl (C=O) groups is 1. The van der Waals surface area contributed by atoms with Gasteiger partial charge in [0.25, 0.3) is 5.89 Å². The van der Waals surface area contributed by atoms with Crippen molar-refractivity contribution < 1.29 is 41.1 Å². The fourth-order valence-electron chi connectivity index (χ4n) is 4.04. The molecule has 0 aliphatic carbocycles. The molecule has 0 atom stereocenters. The lowest BCUT2D eigenvalue weighted by Crippen LogP contribution is -2.21. The first-order chi connectivity index (χ1) is 19.1. The molecule has 0 saturated heterocycles. The molecule has 0 amide bonds. The van der Waals surface area contributed by atoms with Gasteiger partial charge in [-0.25, -0.2) is 8.78 Å². The van der Waals surface area contributed by atoms with Crippen LogP contribution in [0.25, 0.3) is 34.0 Å². The molecule has 0 aliphatic rings. The van der Waals surface area contributed by atoms with Crippen LogP contribution in [0, 0.1) is 5.82 Å². The number of nitrogens with zero attached hydrogens (tertiary/aromatic N) is 3. The van der Waals surface area contributed by atoms with Gasteiger partial charge in [0.15, 0.2) is 0 Å². The van der Waals surface area contributed by atoms with Crippen molar-refractivity contribution in [1.82, 2.24) is 15.0 Å². The van der Waals surface area contributed by atoms with Gasteiger partial charge < -0.3 is 19.3 Å². The predicted molar refractivity (Wildman–Crippen MR) is 136 cm³/mol.